The molecule has 3 rings (SSSR count). The first-order valence-electron chi connectivity index (χ1n) is 9.62. The Morgan fingerprint density at radius 3 is 2.32 bits per heavy atom. The number of methoxy groups -OCH3 is 2. The topological polar surface area (TPSA) is 110 Å². The molecule has 2 aromatic carbocycles. The Kier molecular flexibility index (Phi) is 6.01. The fourth-order valence-corrected chi connectivity index (χ4v) is 3.41. The maximum Gasteiger partial charge on any atom is 0.409 e. The first kappa shape index (κ1) is 21.9. The van der Waals surface area contributed by atoms with Gasteiger partial charge in [-0.25, -0.2) is 9.78 Å². The summed E-state index contributed by atoms with van der Waals surface area (Å²) < 4.78 is 10.9. The van der Waals surface area contributed by atoms with E-state index in [0.29, 0.717) is 28.0 Å². The smallest absolute Gasteiger partial charge is 0.409 e. The second-order valence-electron chi connectivity index (χ2n) is 7.94. The Hall–Kier alpha value is -3.81. The monoisotopic (exact) mass is 423 g/mol. The molecule has 1 heterocycles. The van der Waals surface area contributed by atoms with Crippen LogP contribution in [0.4, 0.5) is 16.2 Å². The maximum atomic E-state index is 13.4. The molecular weight excluding hydrogens is 398 g/mol. The van der Waals surface area contributed by atoms with Crippen LogP contribution in [-0.4, -0.2) is 36.3 Å². The van der Waals surface area contributed by atoms with Gasteiger partial charge in [0.05, 0.1) is 19.7 Å². The summed E-state index contributed by atoms with van der Waals surface area (Å²) in [6.45, 7) is 6.00. The number of carbonyl (C=O) groups is 2. The standard InChI is InChI=1S/C23H25N3O5/c1-23(2,3)15-11-10-13(24-22(28)29)12-17(15)25-20(27)18-19(30-4)14-8-6-7-9-16(14)26-21(18)31-5/h6-12,24H,1-5H3,(H,25,27)(H,28,29). The van der Waals surface area contributed by atoms with Gasteiger partial charge in [0.15, 0.2) is 0 Å². The Balaban J connectivity index is 2.13. The van der Waals surface area contributed by atoms with E-state index in [1.807, 2.05) is 39.0 Å². The lowest BCUT2D eigenvalue weighted by Crippen LogP contribution is -2.21. The number of carboxylic acid groups (broad SMARTS) is 1. The van der Waals surface area contributed by atoms with Crippen LogP contribution < -0.4 is 20.1 Å². The zero-order valence-electron chi connectivity index (χ0n) is 18.1. The fraction of sp³-hybridized carbons (Fsp3) is 0.261. The molecule has 31 heavy (non-hydrogen) atoms. The second kappa shape index (κ2) is 8.51. The Morgan fingerprint density at radius 2 is 1.71 bits per heavy atom. The van der Waals surface area contributed by atoms with E-state index < -0.39 is 12.0 Å². The molecule has 162 valence electrons. The summed E-state index contributed by atoms with van der Waals surface area (Å²) in [5.41, 5.74) is 2.13. The summed E-state index contributed by atoms with van der Waals surface area (Å²) in [6.07, 6.45) is -1.19. The molecule has 0 aliphatic rings. The summed E-state index contributed by atoms with van der Waals surface area (Å²) in [5, 5.41) is 14.9. The molecule has 0 radical (unpaired) electrons. The third-order valence-electron chi connectivity index (χ3n) is 4.76. The van der Waals surface area contributed by atoms with E-state index in [1.54, 1.807) is 24.3 Å². The number of nitrogens with zero attached hydrogens (tertiary/aromatic N) is 1. The van der Waals surface area contributed by atoms with Crippen LogP contribution in [0.15, 0.2) is 42.5 Å². The van der Waals surface area contributed by atoms with Gasteiger partial charge in [0.1, 0.15) is 11.3 Å². The summed E-state index contributed by atoms with van der Waals surface area (Å²) in [4.78, 5) is 28.9. The lowest BCUT2D eigenvalue weighted by Gasteiger charge is -2.24. The lowest BCUT2D eigenvalue weighted by molar-refractivity contribution is 0.102. The van der Waals surface area contributed by atoms with E-state index in [2.05, 4.69) is 15.6 Å². The van der Waals surface area contributed by atoms with Gasteiger partial charge in [-0.3, -0.25) is 10.1 Å². The highest BCUT2D eigenvalue weighted by Crippen LogP contribution is 2.37. The summed E-state index contributed by atoms with van der Waals surface area (Å²) in [6, 6.07) is 12.3. The van der Waals surface area contributed by atoms with Crippen molar-refractivity contribution in [2.75, 3.05) is 24.9 Å². The van der Waals surface area contributed by atoms with Gasteiger partial charge in [-0.15, -0.1) is 0 Å². The number of anilines is 2. The SMILES string of the molecule is COc1nc2ccccc2c(OC)c1C(=O)Nc1cc(NC(=O)O)ccc1C(C)(C)C. The van der Waals surface area contributed by atoms with Crippen LogP contribution in [0.5, 0.6) is 11.6 Å². The van der Waals surface area contributed by atoms with E-state index in [9.17, 15) is 9.59 Å². The van der Waals surface area contributed by atoms with Gasteiger partial charge < -0.3 is 19.9 Å². The van der Waals surface area contributed by atoms with E-state index in [0.717, 1.165) is 5.56 Å². The maximum absolute atomic E-state index is 13.4. The van der Waals surface area contributed by atoms with Gasteiger partial charge >= 0.3 is 6.09 Å². The number of para-hydroxylation sites is 1. The Labute approximate surface area is 180 Å². The van der Waals surface area contributed by atoms with Crippen LogP contribution in [0.2, 0.25) is 0 Å². The minimum atomic E-state index is -1.19. The van der Waals surface area contributed by atoms with Gasteiger partial charge in [-0.1, -0.05) is 39.0 Å². The van der Waals surface area contributed by atoms with Crippen LogP contribution in [0.3, 0.4) is 0 Å². The van der Waals surface area contributed by atoms with Crippen LogP contribution in [-0.2, 0) is 5.41 Å². The summed E-state index contributed by atoms with van der Waals surface area (Å²) >= 11 is 0. The van der Waals surface area contributed by atoms with Crippen molar-refractivity contribution in [2.24, 2.45) is 0 Å². The Morgan fingerprint density at radius 1 is 1.00 bits per heavy atom. The van der Waals surface area contributed by atoms with Crippen molar-refractivity contribution in [1.29, 1.82) is 0 Å². The normalized spacial score (nSPS) is 11.1. The minimum Gasteiger partial charge on any atom is -0.495 e. The highest BCUT2D eigenvalue weighted by Gasteiger charge is 2.26. The van der Waals surface area contributed by atoms with Gasteiger partial charge in [0, 0.05) is 16.8 Å². The van der Waals surface area contributed by atoms with Crippen molar-refractivity contribution in [3.63, 3.8) is 0 Å². The molecule has 2 amide bonds. The molecule has 0 aliphatic heterocycles. The van der Waals surface area contributed by atoms with E-state index in [4.69, 9.17) is 14.6 Å². The average Bonchev–Trinajstić information content (AvgIpc) is 2.70. The van der Waals surface area contributed by atoms with Crippen LogP contribution in [0.1, 0.15) is 36.7 Å². The van der Waals surface area contributed by atoms with E-state index in [-0.39, 0.29) is 16.9 Å². The largest absolute Gasteiger partial charge is 0.495 e. The van der Waals surface area contributed by atoms with Gasteiger partial charge in [0.2, 0.25) is 5.88 Å². The second-order valence-corrected chi connectivity index (χ2v) is 7.94. The number of fused-ring (bicyclic) bond motifs is 1. The molecular formula is C23H25N3O5. The number of rotatable bonds is 5. The van der Waals surface area contributed by atoms with Crippen LogP contribution in [0.25, 0.3) is 10.9 Å². The minimum absolute atomic E-state index is 0.130. The molecule has 0 spiro atoms. The number of ether oxygens (including phenoxy) is 2. The van der Waals surface area contributed by atoms with Crippen molar-refractivity contribution in [2.45, 2.75) is 26.2 Å². The highest BCUT2D eigenvalue weighted by atomic mass is 16.5. The number of nitrogens with one attached hydrogen (secondary N) is 2. The van der Waals surface area contributed by atoms with E-state index >= 15 is 0 Å². The number of amides is 2. The third-order valence-corrected chi connectivity index (χ3v) is 4.76. The number of benzene rings is 2. The number of aromatic nitrogens is 1. The average molecular weight is 423 g/mol. The number of carbonyl (C=O) groups excluding carboxylic acids is 1. The quantitative estimate of drug-likeness (QED) is 0.539. The number of hydrogen-bond acceptors (Lipinski definition) is 5. The van der Waals surface area contributed by atoms with E-state index in [1.165, 1.54) is 14.2 Å². The first-order valence-corrected chi connectivity index (χ1v) is 9.62. The summed E-state index contributed by atoms with van der Waals surface area (Å²) in [7, 11) is 2.92. The molecule has 0 aliphatic carbocycles. The summed E-state index contributed by atoms with van der Waals surface area (Å²) in [5.74, 6) is -0.00724. The molecule has 0 fully saturated rings. The van der Waals surface area contributed by atoms with Crippen molar-refractivity contribution >= 4 is 34.3 Å². The van der Waals surface area contributed by atoms with Crippen LogP contribution >= 0.6 is 0 Å². The lowest BCUT2D eigenvalue weighted by atomic mass is 9.85. The van der Waals surface area contributed by atoms with Crippen molar-refractivity contribution < 1.29 is 24.2 Å². The number of pyridine rings is 1. The van der Waals surface area contributed by atoms with Crippen molar-refractivity contribution in [3.05, 3.63) is 53.6 Å². The molecule has 3 aromatic rings. The van der Waals surface area contributed by atoms with Crippen molar-refractivity contribution in [3.8, 4) is 11.6 Å². The van der Waals surface area contributed by atoms with Crippen LogP contribution in [0, 0.1) is 0 Å². The molecule has 0 saturated carbocycles. The molecule has 1 aromatic heterocycles. The predicted molar refractivity (Wildman–Crippen MR) is 120 cm³/mol. The van der Waals surface area contributed by atoms with Gasteiger partial charge in [-0.2, -0.15) is 0 Å². The molecule has 0 atom stereocenters. The highest BCUT2D eigenvalue weighted by molar-refractivity contribution is 6.11. The molecule has 8 nitrogen and oxygen atoms in total. The molecule has 0 bridgehead atoms. The van der Waals surface area contributed by atoms with Crippen molar-refractivity contribution in [1.82, 2.24) is 4.98 Å². The first-order chi connectivity index (χ1) is 14.7. The zero-order valence-corrected chi connectivity index (χ0v) is 18.1. The number of hydrogen-bond donors (Lipinski definition) is 3. The van der Waals surface area contributed by atoms with Gasteiger partial charge in [-0.05, 0) is 35.2 Å². The molecule has 0 unspecified atom stereocenters. The molecule has 8 heteroatoms. The Bertz CT molecular complexity index is 1150. The molecule has 3 N–H and O–H groups in total. The third kappa shape index (κ3) is 4.53. The predicted octanol–water partition coefficient (Wildman–Crippen LogP) is 4.89. The zero-order chi connectivity index (χ0) is 22.8. The van der Waals surface area contributed by atoms with Gasteiger partial charge in [0.25, 0.3) is 5.91 Å². The molecule has 0 saturated heterocycles. The fourth-order valence-electron chi connectivity index (χ4n) is 3.41.